The van der Waals surface area contributed by atoms with E-state index in [1.807, 2.05) is 0 Å². The van der Waals surface area contributed by atoms with E-state index < -0.39 is 18.1 Å². The van der Waals surface area contributed by atoms with Gasteiger partial charge in [-0.25, -0.2) is 0 Å². The van der Waals surface area contributed by atoms with Crippen molar-refractivity contribution in [3.05, 3.63) is 29.8 Å². The molecule has 1 heterocycles. The van der Waals surface area contributed by atoms with Gasteiger partial charge in [0.25, 0.3) is 5.91 Å². The predicted octanol–water partition coefficient (Wildman–Crippen LogP) is 1.49. The monoisotopic (exact) mass is 257 g/mol. The van der Waals surface area contributed by atoms with E-state index in [1.54, 1.807) is 13.0 Å². The molecule has 0 radical (unpaired) electrons. The highest BCUT2D eigenvalue weighted by Gasteiger charge is 2.40. The second kappa shape index (κ2) is 4.53. The van der Waals surface area contributed by atoms with Crippen LogP contribution in [0.15, 0.2) is 24.3 Å². The van der Waals surface area contributed by atoms with Crippen molar-refractivity contribution in [2.45, 2.75) is 19.1 Å². The van der Waals surface area contributed by atoms with E-state index in [9.17, 15) is 18.7 Å². The van der Waals surface area contributed by atoms with Gasteiger partial charge in [-0.05, 0) is 19.1 Å². The molecule has 1 N–H and O–H groups in total. The third-order valence-corrected chi connectivity index (χ3v) is 2.68. The maximum Gasteiger partial charge on any atom is 0.387 e. The average Bonchev–Trinajstić information content (AvgIpc) is 2.25. The maximum atomic E-state index is 12.2. The zero-order valence-corrected chi connectivity index (χ0v) is 9.77. The lowest BCUT2D eigenvalue weighted by atomic mass is 9.96. The van der Waals surface area contributed by atoms with Crippen LogP contribution in [-0.4, -0.2) is 41.2 Å². The van der Waals surface area contributed by atoms with Gasteiger partial charge in [-0.2, -0.15) is 8.78 Å². The highest BCUT2D eigenvalue weighted by molar-refractivity contribution is 5.97. The van der Waals surface area contributed by atoms with Crippen molar-refractivity contribution in [1.29, 1.82) is 0 Å². The van der Waals surface area contributed by atoms with Crippen molar-refractivity contribution >= 4 is 5.91 Å². The molecule has 1 aromatic rings. The number of amides is 1. The Hall–Kier alpha value is -1.69. The van der Waals surface area contributed by atoms with Crippen LogP contribution in [0, 0.1) is 0 Å². The average molecular weight is 257 g/mol. The molecule has 1 aromatic carbocycles. The molecule has 1 saturated heterocycles. The van der Waals surface area contributed by atoms with Crippen LogP contribution in [0.3, 0.4) is 0 Å². The van der Waals surface area contributed by atoms with E-state index in [0.717, 1.165) is 0 Å². The van der Waals surface area contributed by atoms with Gasteiger partial charge in [0.1, 0.15) is 5.75 Å². The molecule has 98 valence electrons. The number of rotatable bonds is 3. The first-order valence-electron chi connectivity index (χ1n) is 5.44. The summed E-state index contributed by atoms with van der Waals surface area (Å²) in [6.45, 7) is -0.986. The third kappa shape index (κ3) is 2.59. The summed E-state index contributed by atoms with van der Waals surface area (Å²) >= 11 is 0. The molecule has 1 aliphatic rings. The number of β-amino-alcohol motifs (C(OH)–C–C–N with tert-alkyl or cyclic N) is 1. The quantitative estimate of drug-likeness (QED) is 0.892. The number of hydrogen-bond acceptors (Lipinski definition) is 3. The van der Waals surface area contributed by atoms with E-state index in [0.29, 0.717) is 0 Å². The van der Waals surface area contributed by atoms with Crippen molar-refractivity contribution in [2.24, 2.45) is 0 Å². The van der Waals surface area contributed by atoms with E-state index in [-0.39, 0.29) is 24.4 Å². The number of likely N-dealkylation sites (tertiary alicyclic amines) is 1. The lowest BCUT2D eigenvalue weighted by molar-refractivity contribution is -0.0682. The molecule has 1 fully saturated rings. The summed E-state index contributed by atoms with van der Waals surface area (Å²) in [6.07, 6.45) is 0. The Morgan fingerprint density at radius 3 is 2.61 bits per heavy atom. The molecule has 0 bridgehead atoms. The zero-order valence-electron chi connectivity index (χ0n) is 9.77. The van der Waals surface area contributed by atoms with Crippen LogP contribution in [0.2, 0.25) is 0 Å². The zero-order chi connectivity index (χ0) is 13.3. The minimum Gasteiger partial charge on any atom is -0.434 e. The summed E-state index contributed by atoms with van der Waals surface area (Å²) < 4.78 is 28.7. The Morgan fingerprint density at radius 1 is 1.44 bits per heavy atom. The Bertz CT molecular complexity index is 454. The number of carbonyl (C=O) groups excluding carboxylic acids is 1. The van der Waals surface area contributed by atoms with Crippen molar-refractivity contribution < 1.29 is 23.4 Å². The van der Waals surface area contributed by atoms with Gasteiger partial charge < -0.3 is 14.7 Å². The fraction of sp³-hybridized carbons (Fsp3) is 0.417. The SMILES string of the molecule is CC1(O)CN(C(=O)c2ccccc2OC(F)F)C1. The molecule has 6 heteroatoms. The van der Waals surface area contributed by atoms with Gasteiger partial charge in [-0.1, -0.05) is 12.1 Å². The third-order valence-electron chi connectivity index (χ3n) is 2.68. The highest BCUT2D eigenvalue weighted by Crippen LogP contribution is 2.27. The molecule has 0 aromatic heterocycles. The lowest BCUT2D eigenvalue weighted by Gasteiger charge is -2.44. The van der Waals surface area contributed by atoms with Gasteiger partial charge in [0.05, 0.1) is 24.3 Å². The minimum atomic E-state index is -2.97. The van der Waals surface area contributed by atoms with Gasteiger partial charge in [-0.15, -0.1) is 0 Å². The number of benzene rings is 1. The number of alkyl halides is 2. The predicted molar refractivity (Wildman–Crippen MR) is 59.6 cm³/mol. The van der Waals surface area contributed by atoms with Crippen molar-refractivity contribution in [3.63, 3.8) is 0 Å². The summed E-state index contributed by atoms with van der Waals surface area (Å²) in [7, 11) is 0. The van der Waals surface area contributed by atoms with Crippen LogP contribution >= 0.6 is 0 Å². The molecule has 1 aliphatic heterocycles. The number of ether oxygens (including phenoxy) is 1. The number of carbonyl (C=O) groups is 1. The molecule has 0 atom stereocenters. The Kier molecular flexibility index (Phi) is 3.21. The Morgan fingerprint density at radius 2 is 2.06 bits per heavy atom. The Balaban J connectivity index is 2.15. The first-order chi connectivity index (χ1) is 8.39. The number of nitrogens with zero attached hydrogens (tertiary/aromatic N) is 1. The normalized spacial score (nSPS) is 17.5. The van der Waals surface area contributed by atoms with E-state index >= 15 is 0 Å². The van der Waals surface area contributed by atoms with Crippen molar-refractivity contribution in [2.75, 3.05) is 13.1 Å². The number of aliphatic hydroxyl groups is 1. The first-order valence-corrected chi connectivity index (χ1v) is 5.44. The van der Waals surface area contributed by atoms with E-state index in [1.165, 1.54) is 23.1 Å². The summed E-state index contributed by atoms with van der Waals surface area (Å²) in [4.78, 5) is 13.4. The van der Waals surface area contributed by atoms with Crippen LogP contribution < -0.4 is 4.74 Å². The van der Waals surface area contributed by atoms with E-state index in [4.69, 9.17) is 0 Å². The molecule has 0 spiro atoms. The molecule has 1 amide bonds. The lowest BCUT2D eigenvalue weighted by Crippen LogP contribution is -2.61. The summed E-state index contributed by atoms with van der Waals surface area (Å²) in [5.41, 5.74) is -0.818. The van der Waals surface area contributed by atoms with Gasteiger partial charge >= 0.3 is 6.61 Å². The molecular formula is C12H13F2NO3. The second-order valence-corrected chi connectivity index (χ2v) is 4.53. The second-order valence-electron chi connectivity index (χ2n) is 4.53. The van der Waals surface area contributed by atoms with Gasteiger partial charge in [-0.3, -0.25) is 4.79 Å². The van der Waals surface area contributed by atoms with Crippen LogP contribution in [0.25, 0.3) is 0 Å². The summed E-state index contributed by atoms with van der Waals surface area (Å²) in [6, 6.07) is 5.83. The molecule has 4 nitrogen and oxygen atoms in total. The standard InChI is InChI=1S/C12H13F2NO3/c1-12(17)6-15(7-12)10(16)8-4-2-3-5-9(8)18-11(13)14/h2-5,11,17H,6-7H2,1H3. The molecule has 18 heavy (non-hydrogen) atoms. The van der Waals surface area contributed by atoms with Crippen LogP contribution in [0.4, 0.5) is 8.78 Å². The van der Waals surface area contributed by atoms with Crippen LogP contribution in [0.5, 0.6) is 5.75 Å². The Labute approximate surface area is 103 Å². The fourth-order valence-electron chi connectivity index (χ4n) is 1.93. The highest BCUT2D eigenvalue weighted by atomic mass is 19.3. The topological polar surface area (TPSA) is 49.8 Å². The number of halogens is 2. The molecule has 0 saturated carbocycles. The van der Waals surface area contributed by atoms with Crippen LogP contribution in [0.1, 0.15) is 17.3 Å². The number of hydrogen-bond donors (Lipinski definition) is 1. The smallest absolute Gasteiger partial charge is 0.387 e. The van der Waals surface area contributed by atoms with Crippen LogP contribution in [-0.2, 0) is 0 Å². The largest absolute Gasteiger partial charge is 0.434 e. The molecule has 0 unspecified atom stereocenters. The fourth-order valence-corrected chi connectivity index (χ4v) is 1.93. The summed E-state index contributed by atoms with van der Waals surface area (Å²) in [5, 5.41) is 9.55. The molecule has 2 rings (SSSR count). The first kappa shape index (κ1) is 12.8. The van der Waals surface area contributed by atoms with Gasteiger partial charge in [0, 0.05) is 0 Å². The van der Waals surface area contributed by atoms with Gasteiger partial charge in [0.2, 0.25) is 0 Å². The minimum absolute atomic E-state index is 0.0771. The molecular weight excluding hydrogens is 244 g/mol. The van der Waals surface area contributed by atoms with Crippen molar-refractivity contribution in [1.82, 2.24) is 4.90 Å². The van der Waals surface area contributed by atoms with Gasteiger partial charge in [0.15, 0.2) is 0 Å². The number of para-hydroxylation sites is 1. The van der Waals surface area contributed by atoms with Crippen molar-refractivity contribution in [3.8, 4) is 5.75 Å². The molecule has 0 aliphatic carbocycles. The summed E-state index contributed by atoms with van der Waals surface area (Å²) in [5.74, 6) is -0.568. The maximum absolute atomic E-state index is 12.2. The van der Waals surface area contributed by atoms with E-state index in [2.05, 4.69) is 4.74 Å².